The summed E-state index contributed by atoms with van der Waals surface area (Å²) in [6.07, 6.45) is -0.291. The molecule has 0 bridgehead atoms. The van der Waals surface area contributed by atoms with Crippen molar-refractivity contribution in [3.05, 3.63) is 35.9 Å². The number of likely N-dealkylation sites (tertiary alicyclic amines) is 1. The van der Waals surface area contributed by atoms with Gasteiger partial charge in [0.25, 0.3) is 0 Å². The largest absolute Gasteiger partial charge is 0.480 e. The lowest BCUT2D eigenvalue weighted by atomic mass is 9.93. The number of amides is 11. The molecule has 5 N–H and O–H groups in total. The predicted octanol–water partition coefficient (Wildman–Crippen LogP) is 3.34. The zero-order valence-corrected chi connectivity index (χ0v) is 59.5. The van der Waals surface area contributed by atoms with Gasteiger partial charge in [-0.05, 0) is 80.1 Å². The van der Waals surface area contributed by atoms with Crippen LogP contribution in [-0.2, 0) is 64.0 Å². The van der Waals surface area contributed by atoms with Crippen molar-refractivity contribution in [1.29, 1.82) is 0 Å². The Morgan fingerprint density at radius 3 is 1.43 bits per heavy atom. The average molecular weight is 1300 g/mol. The number of hydrogen-bond acceptors (Lipinski definition) is 13. The quantitative estimate of drug-likeness (QED) is 0.0675. The number of aliphatic carboxylic acids is 1. The van der Waals surface area contributed by atoms with Crippen LogP contribution in [0.1, 0.15) is 149 Å². The Morgan fingerprint density at radius 1 is 0.522 bits per heavy atom. The van der Waals surface area contributed by atoms with Crippen LogP contribution in [0.5, 0.6) is 0 Å². The van der Waals surface area contributed by atoms with E-state index in [2.05, 4.69) is 16.0 Å². The molecule has 0 spiro atoms. The summed E-state index contributed by atoms with van der Waals surface area (Å²) >= 11 is 0. The number of carbonyl (C=O) groups is 12. The van der Waals surface area contributed by atoms with E-state index < -0.39 is 173 Å². The van der Waals surface area contributed by atoms with Crippen LogP contribution in [0, 0.1) is 41.4 Å². The van der Waals surface area contributed by atoms with Crippen molar-refractivity contribution in [3.8, 4) is 0 Å². The molecule has 92 heavy (non-hydrogen) atoms. The van der Waals surface area contributed by atoms with Gasteiger partial charge in [0.15, 0.2) is 0 Å². The van der Waals surface area contributed by atoms with Crippen LogP contribution in [-0.4, -0.2) is 249 Å². The molecule has 0 aliphatic carbocycles. The van der Waals surface area contributed by atoms with Gasteiger partial charge in [0.2, 0.25) is 65.0 Å². The molecule has 520 valence electrons. The van der Waals surface area contributed by atoms with Gasteiger partial charge in [-0.1, -0.05) is 134 Å². The molecule has 1 aromatic rings. The number of carboxylic acids is 1. The van der Waals surface area contributed by atoms with Crippen LogP contribution >= 0.6 is 0 Å². The summed E-state index contributed by atoms with van der Waals surface area (Å²) in [5.41, 5.74) is 0.700. The maximum absolute atomic E-state index is 15.2. The van der Waals surface area contributed by atoms with E-state index >= 15 is 14.4 Å². The molecule has 13 atom stereocenters. The lowest BCUT2D eigenvalue weighted by Crippen LogP contribution is -2.64. The molecule has 1 fully saturated rings. The van der Waals surface area contributed by atoms with Gasteiger partial charge in [0, 0.05) is 69.2 Å². The van der Waals surface area contributed by atoms with E-state index in [1.165, 1.54) is 104 Å². The minimum atomic E-state index is -1.63. The number of rotatable bonds is 33. The number of aliphatic hydroxyl groups excluding tert-OH is 1. The maximum Gasteiger partial charge on any atom is 0.326 e. The fourth-order valence-corrected chi connectivity index (χ4v) is 12.4. The number of aliphatic hydroxyl groups is 1. The van der Waals surface area contributed by atoms with Crippen molar-refractivity contribution in [2.75, 3.05) is 55.9 Å². The Kier molecular flexibility index (Phi) is 31.4. The SMILES string of the molecule is CCC(C)C(C(=O)NC(CC(C)C)C(=O)O)N(C)C(=O)C(Cc1ccccc1)N(C)C(=O)C(C(C)C)N(C)C(=O)C(C(C)C)N(C)C(=O)C1CCCN1C(=O)C(C(C)C)N(C)C(=O)C(NC(=O)C(NC(=O)C(C(C)C)N(C)C(=O)C(C)N(C)C(C)=O)C(C)C)C(C)O. The minimum Gasteiger partial charge on any atom is -0.480 e. The monoisotopic (exact) mass is 1300 g/mol. The first kappa shape index (κ1) is 80.9. The first-order valence-corrected chi connectivity index (χ1v) is 32.5. The van der Waals surface area contributed by atoms with E-state index in [0.29, 0.717) is 18.4 Å². The zero-order chi connectivity index (χ0) is 71.0. The Morgan fingerprint density at radius 2 is 0.978 bits per heavy atom. The molecule has 1 saturated heterocycles. The van der Waals surface area contributed by atoms with Gasteiger partial charge in [-0.3, -0.25) is 52.7 Å². The van der Waals surface area contributed by atoms with Crippen molar-refractivity contribution in [2.24, 2.45) is 41.4 Å². The molecule has 25 nitrogen and oxygen atoms in total. The van der Waals surface area contributed by atoms with Crippen LogP contribution in [0.25, 0.3) is 0 Å². The van der Waals surface area contributed by atoms with Crippen molar-refractivity contribution in [2.45, 2.75) is 222 Å². The van der Waals surface area contributed by atoms with Crippen molar-refractivity contribution in [3.63, 3.8) is 0 Å². The lowest BCUT2D eigenvalue weighted by molar-refractivity contribution is -0.158. The van der Waals surface area contributed by atoms with Gasteiger partial charge in [0.1, 0.15) is 66.5 Å². The molecule has 1 aliphatic rings. The highest BCUT2D eigenvalue weighted by atomic mass is 16.4. The number of hydrogen-bond donors (Lipinski definition) is 5. The van der Waals surface area contributed by atoms with Gasteiger partial charge in [-0.25, -0.2) is 4.79 Å². The van der Waals surface area contributed by atoms with Crippen LogP contribution in [0.2, 0.25) is 0 Å². The van der Waals surface area contributed by atoms with Gasteiger partial charge in [0.05, 0.1) is 6.10 Å². The molecule has 0 saturated carbocycles. The second-order valence-corrected chi connectivity index (χ2v) is 27.5. The Balaban J connectivity index is 2.54. The molecule has 11 amide bonds. The maximum atomic E-state index is 15.2. The highest BCUT2D eigenvalue weighted by Gasteiger charge is 2.48. The molecule has 25 heteroatoms. The van der Waals surface area contributed by atoms with E-state index in [0.717, 1.165) is 4.90 Å². The number of nitrogens with one attached hydrogen (secondary N) is 3. The Hall–Kier alpha value is -7.18. The molecule has 0 radical (unpaired) electrons. The standard InChI is InChI=1S/C67H113N11O14/c1-25-42(14)56(59(83)68-47(67(91)92)34-36(2)3)77(24)62(86)49(35-46-30-27-26-28-31-46)72(19)64(88)53(39(8)9)76(23)65(89)54(40(10)11)74(21)61(85)48-32-29-33-78(48)66(90)55(41(12)13)75(22)63(87)51(44(16)79)70-57(81)50(37(4)5)69-58(82)52(38(6)7)73(20)60(84)43(15)71(18)45(17)80/h26-28,30-31,36-44,47-56,79H,25,29,32-35H2,1-24H3,(H,68,83)(H,69,82)(H,70,81)(H,91,92). The average Bonchev–Trinajstić information content (AvgIpc) is 1.21. The molecular formula is C67H113N11O14. The van der Waals surface area contributed by atoms with Gasteiger partial charge >= 0.3 is 5.97 Å². The van der Waals surface area contributed by atoms with Crippen LogP contribution in [0.15, 0.2) is 30.3 Å². The second-order valence-electron chi connectivity index (χ2n) is 27.5. The van der Waals surface area contributed by atoms with Crippen molar-refractivity contribution < 1.29 is 67.7 Å². The highest BCUT2D eigenvalue weighted by molar-refractivity contribution is 6.00. The predicted molar refractivity (Wildman–Crippen MR) is 350 cm³/mol. The van der Waals surface area contributed by atoms with Crippen LogP contribution in [0.4, 0.5) is 0 Å². The van der Waals surface area contributed by atoms with E-state index in [9.17, 15) is 53.4 Å². The smallest absolute Gasteiger partial charge is 0.326 e. The summed E-state index contributed by atoms with van der Waals surface area (Å²) in [5, 5.41) is 29.2. The molecular weight excluding hydrogens is 1180 g/mol. The number of carbonyl (C=O) groups excluding carboxylic acids is 11. The summed E-state index contributed by atoms with van der Waals surface area (Å²) in [4.78, 5) is 180. The lowest BCUT2D eigenvalue weighted by Gasteiger charge is -2.42. The number of carboxylic acid groups (broad SMARTS) is 1. The van der Waals surface area contributed by atoms with E-state index in [-0.39, 0.29) is 37.6 Å². The highest BCUT2D eigenvalue weighted by Crippen LogP contribution is 2.28. The zero-order valence-electron chi connectivity index (χ0n) is 59.5. The van der Waals surface area contributed by atoms with Crippen molar-refractivity contribution in [1.82, 2.24) is 55.1 Å². The molecule has 2 rings (SSSR count). The van der Waals surface area contributed by atoms with Gasteiger partial charge in [-0.2, -0.15) is 0 Å². The molecule has 1 aromatic carbocycles. The third kappa shape index (κ3) is 20.4. The fourth-order valence-electron chi connectivity index (χ4n) is 12.4. The summed E-state index contributed by atoms with van der Waals surface area (Å²) in [6.45, 7) is 28.8. The first-order chi connectivity index (χ1) is 42.5. The summed E-state index contributed by atoms with van der Waals surface area (Å²) in [5.74, 6) is -11.2. The van der Waals surface area contributed by atoms with E-state index in [4.69, 9.17) is 0 Å². The summed E-state index contributed by atoms with van der Waals surface area (Å²) in [7, 11) is 10.1. The van der Waals surface area contributed by atoms with Crippen LogP contribution < -0.4 is 16.0 Å². The second kappa shape index (κ2) is 35.7. The first-order valence-electron chi connectivity index (χ1n) is 32.5. The topological polar surface area (TPSA) is 307 Å². The Labute approximate surface area is 547 Å². The van der Waals surface area contributed by atoms with Gasteiger partial charge < -0.3 is 65.4 Å². The number of nitrogens with zero attached hydrogens (tertiary/aromatic N) is 8. The van der Waals surface area contributed by atoms with Gasteiger partial charge in [-0.15, -0.1) is 0 Å². The summed E-state index contributed by atoms with van der Waals surface area (Å²) in [6, 6.07) is -4.12. The van der Waals surface area contributed by atoms with E-state index in [1.807, 2.05) is 26.8 Å². The molecule has 0 aromatic heterocycles. The Bertz CT molecular complexity index is 2720. The molecule has 13 unspecified atom stereocenters. The third-order valence-corrected chi connectivity index (χ3v) is 18.1. The molecule has 1 heterocycles. The minimum absolute atomic E-state index is 0.0176. The van der Waals surface area contributed by atoms with Crippen LogP contribution in [0.3, 0.4) is 0 Å². The van der Waals surface area contributed by atoms with Crippen molar-refractivity contribution >= 4 is 70.9 Å². The fraction of sp³-hybridized carbons (Fsp3) is 0.731. The number of likely N-dealkylation sites (N-methyl/N-ethyl adjacent to an activating group) is 7. The summed E-state index contributed by atoms with van der Waals surface area (Å²) < 4.78 is 0. The number of benzene rings is 1. The van der Waals surface area contributed by atoms with E-state index in [1.54, 1.807) is 100 Å². The normalized spacial score (nSPS) is 17.2. The molecule has 1 aliphatic heterocycles. The third-order valence-electron chi connectivity index (χ3n) is 18.1.